The summed E-state index contributed by atoms with van der Waals surface area (Å²) in [5.41, 5.74) is 0. The predicted octanol–water partition coefficient (Wildman–Crippen LogP) is 2.41. The molecule has 0 spiro atoms. The molecule has 0 aromatic rings. The molecular formula is C15H30N2O. The van der Waals surface area contributed by atoms with Crippen LogP contribution >= 0.6 is 0 Å². The molecule has 2 rings (SSSR count). The summed E-state index contributed by atoms with van der Waals surface area (Å²) in [6, 6.07) is 1.61. The van der Waals surface area contributed by atoms with Gasteiger partial charge in [-0.2, -0.15) is 0 Å². The SMILES string of the molecule is CCCNC1CCC(N2CCC(OCC)CC2)C1. The zero-order chi connectivity index (χ0) is 12.8. The summed E-state index contributed by atoms with van der Waals surface area (Å²) in [6.07, 6.45) is 8.37. The van der Waals surface area contributed by atoms with Crippen molar-refractivity contribution in [2.75, 3.05) is 26.2 Å². The van der Waals surface area contributed by atoms with E-state index in [1.165, 1.54) is 58.2 Å². The normalized spacial score (nSPS) is 31.0. The van der Waals surface area contributed by atoms with Crippen LogP contribution in [0.3, 0.4) is 0 Å². The highest BCUT2D eigenvalue weighted by Gasteiger charge is 2.31. The maximum absolute atomic E-state index is 5.73. The fraction of sp³-hybridized carbons (Fsp3) is 1.00. The third-order valence-electron chi connectivity index (χ3n) is 4.48. The first kappa shape index (κ1) is 14.3. The van der Waals surface area contributed by atoms with Crippen LogP contribution < -0.4 is 5.32 Å². The van der Waals surface area contributed by atoms with Crippen molar-refractivity contribution in [3.05, 3.63) is 0 Å². The average molecular weight is 254 g/mol. The van der Waals surface area contributed by atoms with Gasteiger partial charge in [0.25, 0.3) is 0 Å². The number of rotatable bonds is 6. The smallest absolute Gasteiger partial charge is 0.0599 e. The second kappa shape index (κ2) is 7.46. The number of likely N-dealkylation sites (tertiary alicyclic amines) is 1. The van der Waals surface area contributed by atoms with Gasteiger partial charge in [-0.05, 0) is 52.0 Å². The fourth-order valence-electron chi connectivity index (χ4n) is 3.47. The Labute approximate surface area is 112 Å². The molecule has 1 aliphatic carbocycles. The molecule has 1 aliphatic heterocycles. The molecule has 1 saturated heterocycles. The summed E-state index contributed by atoms with van der Waals surface area (Å²) in [5.74, 6) is 0. The van der Waals surface area contributed by atoms with E-state index >= 15 is 0 Å². The Kier molecular flexibility index (Phi) is 5.93. The maximum atomic E-state index is 5.73. The van der Waals surface area contributed by atoms with Crippen LogP contribution in [-0.2, 0) is 4.74 Å². The van der Waals surface area contributed by atoms with Crippen molar-refractivity contribution in [2.45, 2.75) is 70.6 Å². The maximum Gasteiger partial charge on any atom is 0.0599 e. The summed E-state index contributed by atoms with van der Waals surface area (Å²) in [4.78, 5) is 2.71. The molecule has 3 nitrogen and oxygen atoms in total. The van der Waals surface area contributed by atoms with Crippen LogP contribution in [0.4, 0.5) is 0 Å². The molecule has 0 aromatic heterocycles. The zero-order valence-electron chi connectivity index (χ0n) is 12.2. The predicted molar refractivity (Wildman–Crippen MR) is 75.9 cm³/mol. The van der Waals surface area contributed by atoms with Crippen molar-refractivity contribution in [3.63, 3.8) is 0 Å². The van der Waals surface area contributed by atoms with E-state index in [1.807, 2.05) is 0 Å². The van der Waals surface area contributed by atoms with E-state index < -0.39 is 0 Å². The topological polar surface area (TPSA) is 24.5 Å². The van der Waals surface area contributed by atoms with Gasteiger partial charge in [-0.25, -0.2) is 0 Å². The summed E-state index contributed by atoms with van der Waals surface area (Å²) in [6.45, 7) is 8.90. The number of nitrogens with zero attached hydrogens (tertiary/aromatic N) is 1. The molecule has 1 N–H and O–H groups in total. The summed E-state index contributed by atoms with van der Waals surface area (Å²) < 4.78 is 5.73. The van der Waals surface area contributed by atoms with Crippen LogP contribution in [0, 0.1) is 0 Å². The van der Waals surface area contributed by atoms with Crippen molar-refractivity contribution in [1.29, 1.82) is 0 Å². The average Bonchev–Trinajstić information content (AvgIpc) is 2.86. The molecule has 2 fully saturated rings. The van der Waals surface area contributed by atoms with Gasteiger partial charge in [0.05, 0.1) is 6.10 Å². The van der Waals surface area contributed by atoms with E-state index in [2.05, 4.69) is 24.1 Å². The Morgan fingerprint density at radius 1 is 1.11 bits per heavy atom. The Morgan fingerprint density at radius 2 is 1.89 bits per heavy atom. The van der Waals surface area contributed by atoms with E-state index in [0.29, 0.717) is 6.10 Å². The van der Waals surface area contributed by atoms with Crippen LogP contribution in [0.25, 0.3) is 0 Å². The second-order valence-corrected chi connectivity index (χ2v) is 5.81. The Balaban J connectivity index is 1.68. The number of piperidine rings is 1. The van der Waals surface area contributed by atoms with Crippen molar-refractivity contribution >= 4 is 0 Å². The van der Waals surface area contributed by atoms with Crippen LogP contribution in [0.15, 0.2) is 0 Å². The quantitative estimate of drug-likeness (QED) is 0.788. The molecule has 106 valence electrons. The Bertz CT molecular complexity index is 227. The molecule has 2 aliphatic rings. The van der Waals surface area contributed by atoms with Gasteiger partial charge in [0.15, 0.2) is 0 Å². The highest BCUT2D eigenvalue weighted by atomic mass is 16.5. The molecule has 0 aromatic carbocycles. The number of nitrogens with one attached hydrogen (secondary N) is 1. The first-order chi connectivity index (χ1) is 8.83. The van der Waals surface area contributed by atoms with Crippen molar-refractivity contribution in [3.8, 4) is 0 Å². The molecule has 2 atom stereocenters. The van der Waals surface area contributed by atoms with Crippen LogP contribution in [0.2, 0.25) is 0 Å². The number of ether oxygens (including phenoxy) is 1. The first-order valence-electron chi connectivity index (χ1n) is 7.92. The highest BCUT2D eigenvalue weighted by Crippen LogP contribution is 2.27. The molecule has 18 heavy (non-hydrogen) atoms. The van der Waals surface area contributed by atoms with Gasteiger partial charge in [0, 0.05) is 31.8 Å². The molecule has 0 bridgehead atoms. The molecule has 0 amide bonds. The minimum atomic E-state index is 0.529. The Morgan fingerprint density at radius 3 is 2.56 bits per heavy atom. The fourth-order valence-corrected chi connectivity index (χ4v) is 3.47. The summed E-state index contributed by atoms with van der Waals surface area (Å²) >= 11 is 0. The summed E-state index contributed by atoms with van der Waals surface area (Å²) in [5, 5.41) is 3.68. The zero-order valence-corrected chi connectivity index (χ0v) is 12.2. The van der Waals surface area contributed by atoms with E-state index in [1.54, 1.807) is 0 Å². The lowest BCUT2D eigenvalue weighted by Gasteiger charge is -2.36. The minimum absolute atomic E-state index is 0.529. The Hall–Kier alpha value is -0.120. The minimum Gasteiger partial charge on any atom is -0.378 e. The first-order valence-corrected chi connectivity index (χ1v) is 7.92. The van der Waals surface area contributed by atoms with Crippen LogP contribution in [-0.4, -0.2) is 49.3 Å². The van der Waals surface area contributed by atoms with Gasteiger partial charge < -0.3 is 15.0 Å². The van der Waals surface area contributed by atoms with E-state index in [0.717, 1.165) is 18.7 Å². The van der Waals surface area contributed by atoms with Crippen LogP contribution in [0.5, 0.6) is 0 Å². The third kappa shape index (κ3) is 3.94. The van der Waals surface area contributed by atoms with Gasteiger partial charge in [-0.3, -0.25) is 0 Å². The number of hydrogen-bond acceptors (Lipinski definition) is 3. The lowest BCUT2D eigenvalue weighted by atomic mass is 10.0. The summed E-state index contributed by atoms with van der Waals surface area (Å²) in [7, 11) is 0. The van der Waals surface area contributed by atoms with E-state index in [9.17, 15) is 0 Å². The molecule has 1 saturated carbocycles. The van der Waals surface area contributed by atoms with Crippen molar-refractivity contribution in [2.24, 2.45) is 0 Å². The lowest BCUT2D eigenvalue weighted by molar-refractivity contribution is 0.00445. The van der Waals surface area contributed by atoms with Gasteiger partial charge in [0.2, 0.25) is 0 Å². The van der Waals surface area contributed by atoms with Gasteiger partial charge in [-0.15, -0.1) is 0 Å². The molecular weight excluding hydrogens is 224 g/mol. The largest absolute Gasteiger partial charge is 0.378 e. The monoisotopic (exact) mass is 254 g/mol. The molecule has 2 unspecified atom stereocenters. The number of hydrogen-bond donors (Lipinski definition) is 1. The third-order valence-corrected chi connectivity index (χ3v) is 4.48. The van der Waals surface area contributed by atoms with Gasteiger partial charge in [-0.1, -0.05) is 6.92 Å². The van der Waals surface area contributed by atoms with Gasteiger partial charge in [0.1, 0.15) is 0 Å². The van der Waals surface area contributed by atoms with Crippen LogP contribution in [0.1, 0.15) is 52.4 Å². The molecule has 0 radical (unpaired) electrons. The van der Waals surface area contributed by atoms with E-state index in [-0.39, 0.29) is 0 Å². The molecule has 3 heteroatoms. The lowest BCUT2D eigenvalue weighted by Crippen LogP contribution is -2.43. The standard InChI is InChI=1S/C15H30N2O/c1-3-9-16-13-5-6-14(12-13)17-10-7-15(8-11-17)18-4-2/h13-16H,3-12H2,1-2H3. The molecule has 1 heterocycles. The van der Waals surface area contributed by atoms with Gasteiger partial charge >= 0.3 is 0 Å². The second-order valence-electron chi connectivity index (χ2n) is 5.81. The highest BCUT2D eigenvalue weighted by molar-refractivity contribution is 4.88. The van der Waals surface area contributed by atoms with Crippen molar-refractivity contribution < 1.29 is 4.74 Å². The van der Waals surface area contributed by atoms with Crippen molar-refractivity contribution in [1.82, 2.24) is 10.2 Å². The van der Waals surface area contributed by atoms with E-state index in [4.69, 9.17) is 4.74 Å².